The van der Waals surface area contributed by atoms with Gasteiger partial charge in [-0.3, -0.25) is 4.79 Å². The van der Waals surface area contributed by atoms with Gasteiger partial charge in [-0.2, -0.15) is 0 Å². The average Bonchev–Trinajstić information content (AvgIpc) is 1.38. The van der Waals surface area contributed by atoms with Gasteiger partial charge in [0.05, 0.1) is 0 Å². The van der Waals surface area contributed by atoms with E-state index in [-0.39, 0.29) is 29.6 Å². The molecule has 0 rings (SSSR count). The molecule has 0 atom stereocenters. The third-order valence-electron chi connectivity index (χ3n) is 0.156. The second kappa shape index (κ2) is 5.43. The van der Waals surface area contributed by atoms with Crippen LogP contribution in [0.15, 0.2) is 0 Å². The van der Waals surface area contributed by atoms with Crippen molar-refractivity contribution in [3.63, 3.8) is 0 Å². The van der Waals surface area contributed by atoms with Crippen LogP contribution in [0.4, 0.5) is 0 Å². The molecule has 3 nitrogen and oxygen atoms in total. The van der Waals surface area contributed by atoms with Crippen LogP contribution in [0.3, 0.4) is 0 Å². The molecule has 0 fully saturated rings. The van der Waals surface area contributed by atoms with Crippen LogP contribution in [0.2, 0.25) is 0 Å². The number of nitrogens with two attached hydrogens (primary N) is 1. The molecule has 0 saturated heterocycles. The molecule has 0 radical (unpaired) electrons. The Morgan fingerprint density at radius 3 is 2.00 bits per heavy atom. The Labute approximate surface area is 57.8 Å². The summed E-state index contributed by atoms with van der Waals surface area (Å²) in [7, 11) is 0. The zero-order valence-electron chi connectivity index (χ0n) is 2.64. The van der Waals surface area contributed by atoms with Gasteiger partial charge in [-0.1, -0.05) is 0 Å². The normalized spacial score (nSPS) is 6.17. The molecule has 0 aliphatic rings. The van der Waals surface area contributed by atoms with Crippen LogP contribution >= 0.6 is 0 Å². The summed E-state index contributed by atoms with van der Waals surface area (Å²) in [6.45, 7) is -0.556. The second-order valence-electron chi connectivity index (χ2n) is 0.624. The summed E-state index contributed by atoms with van der Waals surface area (Å²) in [5.41, 5.74) is 4.40. The summed E-state index contributed by atoms with van der Waals surface area (Å²) >= 11 is 0. The maximum atomic E-state index is 9.34. The molecule has 3 N–H and O–H groups in total. The predicted octanol–water partition coefficient (Wildman–Crippen LogP) is -2.18. The molecule has 0 aromatic rings. The fourth-order valence-electron chi connectivity index (χ4n) is 0. The minimum absolute atomic E-state index is 0. The molecule has 4 heteroatoms. The molecule has 0 bridgehead atoms. The first kappa shape index (κ1) is 9.66. The topological polar surface area (TPSA) is 63.3 Å². The zero-order chi connectivity index (χ0) is 4.28. The molecule has 0 aromatic carbocycles. The van der Waals surface area contributed by atoms with E-state index < -0.39 is 12.5 Å². The molecule has 6 heavy (non-hydrogen) atoms. The Balaban J connectivity index is 0. The summed E-state index contributed by atoms with van der Waals surface area (Å²) in [5.74, 6) is -0.690. The van der Waals surface area contributed by atoms with Crippen molar-refractivity contribution < 1.29 is 9.90 Å². The van der Waals surface area contributed by atoms with Gasteiger partial charge in [0.2, 0.25) is 5.91 Å². The molecule has 0 aliphatic carbocycles. The Kier molecular flexibility index (Phi) is 8.74. The van der Waals surface area contributed by atoms with Gasteiger partial charge >= 0.3 is 29.6 Å². The molecule has 0 spiro atoms. The quantitative estimate of drug-likeness (QED) is 0.367. The van der Waals surface area contributed by atoms with E-state index in [9.17, 15) is 4.79 Å². The first-order valence-electron chi connectivity index (χ1n) is 1.16. The monoisotopic (exact) mass is 99.0 g/mol. The van der Waals surface area contributed by atoms with E-state index in [1.807, 2.05) is 0 Å². The molecular weight excluding hydrogens is 93.0 g/mol. The van der Waals surface area contributed by atoms with Crippen LogP contribution in [-0.2, 0) is 4.79 Å². The summed E-state index contributed by atoms with van der Waals surface area (Å²) in [5, 5.41) is 7.67. The number of aliphatic hydroxyl groups excluding tert-OH is 1. The molecule has 0 aromatic heterocycles. The van der Waals surface area contributed by atoms with E-state index in [0.29, 0.717) is 0 Å². The van der Waals surface area contributed by atoms with Gasteiger partial charge < -0.3 is 10.8 Å². The first-order valence-corrected chi connectivity index (χ1v) is 1.16. The van der Waals surface area contributed by atoms with Crippen molar-refractivity contribution in [3.05, 3.63) is 0 Å². The van der Waals surface area contributed by atoms with Gasteiger partial charge in [0, 0.05) is 0 Å². The summed E-state index contributed by atoms with van der Waals surface area (Å²) in [6, 6.07) is 0. The first-order chi connectivity index (χ1) is 2.27. The Morgan fingerprint density at radius 1 is 1.83 bits per heavy atom. The fraction of sp³-hybridized carbons (Fsp3) is 0.500. The van der Waals surface area contributed by atoms with Gasteiger partial charge in [0.25, 0.3) is 0 Å². The standard InChI is InChI=1S/C2H5NO2.Na.H/c3-2(5)1-4;;/h4H,1H2,(H2,3,5);;. The van der Waals surface area contributed by atoms with Gasteiger partial charge in [-0.15, -0.1) is 0 Å². The van der Waals surface area contributed by atoms with Crippen molar-refractivity contribution in [3.8, 4) is 0 Å². The van der Waals surface area contributed by atoms with Gasteiger partial charge in [-0.05, 0) is 0 Å². The van der Waals surface area contributed by atoms with Crippen molar-refractivity contribution in [1.29, 1.82) is 0 Å². The van der Waals surface area contributed by atoms with E-state index >= 15 is 0 Å². The van der Waals surface area contributed by atoms with Gasteiger partial charge in [-0.25, -0.2) is 0 Å². The SMILES string of the molecule is NC(=O)CO.[NaH]. The zero-order valence-corrected chi connectivity index (χ0v) is 2.64. The molecule has 32 valence electrons. The van der Waals surface area contributed by atoms with Crippen LogP contribution in [0, 0.1) is 0 Å². The van der Waals surface area contributed by atoms with Crippen LogP contribution in [0.5, 0.6) is 0 Å². The maximum absolute atomic E-state index is 9.34. The molecule has 0 heterocycles. The van der Waals surface area contributed by atoms with Crippen LogP contribution in [0.1, 0.15) is 0 Å². The summed E-state index contributed by atoms with van der Waals surface area (Å²) in [6.07, 6.45) is 0. The summed E-state index contributed by atoms with van der Waals surface area (Å²) < 4.78 is 0. The number of amides is 1. The second-order valence-corrected chi connectivity index (χ2v) is 0.624. The molecule has 0 saturated carbocycles. The van der Waals surface area contributed by atoms with Crippen molar-refractivity contribution >= 4 is 35.5 Å². The van der Waals surface area contributed by atoms with E-state index in [2.05, 4.69) is 5.73 Å². The van der Waals surface area contributed by atoms with Crippen LogP contribution < -0.4 is 5.73 Å². The van der Waals surface area contributed by atoms with E-state index in [1.165, 1.54) is 0 Å². The Hall–Kier alpha value is 0.430. The van der Waals surface area contributed by atoms with E-state index in [4.69, 9.17) is 5.11 Å². The number of primary amides is 1. The number of hydrogen-bond donors (Lipinski definition) is 2. The Bertz CT molecular complexity index is 46.8. The predicted molar refractivity (Wildman–Crippen MR) is 23.4 cm³/mol. The fourth-order valence-corrected chi connectivity index (χ4v) is 0. The number of hydrogen-bond acceptors (Lipinski definition) is 2. The minimum atomic E-state index is -0.690. The van der Waals surface area contributed by atoms with E-state index in [1.54, 1.807) is 0 Å². The number of carbonyl (C=O) groups is 1. The number of aliphatic hydroxyl groups is 1. The Morgan fingerprint density at radius 2 is 2.00 bits per heavy atom. The molecule has 1 amide bonds. The number of rotatable bonds is 1. The van der Waals surface area contributed by atoms with E-state index in [0.717, 1.165) is 0 Å². The van der Waals surface area contributed by atoms with Crippen molar-refractivity contribution in [2.45, 2.75) is 0 Å². The van der Waals surface area contributed by atoms with Crippen LogP contribution in [0.25, 0.3) is 0 Å². The van der Waals surface area contributed by atoms with Gasteiger partial charge in [0.15, 0.2) is 0 Å². The molecular formula is C2H6NNaO2. The van der Waals surface area contributed by atoms with Crippen molar-refractivity contribution in [2.24, 2.45) is 5.73 Å². The number of carbonyl (C=O) groups excluding carboxylic acids is 1. The van der Waals surface area contributed by atoms with Crippen molar-refractivity contribution in [1.82, 2.24) is 0 Å². The van der Waals surface area contributed by atoms with Crippen molar-refractivity contribution in [2.75, 3.05) is 6.61 Å². The third kappa shape index (κ3) is 8.83. The third-order valence-corrected chi connectivity index (χ3v) is 0.156. The summed E-state index contributed by atoms with van der Waals surface area (Å²) in [4.78, 5) is 9.34. The average molecular weight is 99.1 g/mol. The molecule has 0 aliphatic heterocycles. The van der Waals surface area contributed by atoms with Crippen LogP contribution in [-0.4, -0.2) is 47.2 Å². The molecule has 0 unspecified atom stereocenters. The van der Waals surface area contributed by atoms with Gasteiger partial charge in [0.1, 0.15) is 6.61 Å².